The second kappa shape index (κ2) is 4.33. The molecule has 0 aliphatic heterocycles. The number of hydrogen-bond acceptors (Lipinski definition) is 5. The monoisotopic (exact) mass is 222 g/mol. The highest BCUT2D eigenvalue weighted by atomic mass is 16.3. The molecular formula is C11H18N4O. The molecule has 1 saturated carbocycles. The first kappa shape index (κ1) is 11.3. The molecule has 1 aliphatic rings. The number of nitrogens with one attached hydrogen (secondary N) is 1. The molecular weight excluding hydrogens is 204 g/mol. The average molecular weight is 222 g/mol. The van der Waals surface area contributed by atoms with Gasteiger partial charge in [0.15, 0.2) is 0 Å². The van der Waals surface area contributed by atoms with Crippen molar-refractivity contribution < 1.29 is 5.11 Å². The summed E-state index contributed by atoms with van der Waals surface area (Å²) in [6, 6.07) is 0. The van der Waals surface area contributed by atoms with Crippen molar-refractivity contribution in [3.05, 3.63) is 11.4 Å². The minimum absolute atomic E-state index is 0.258. The topological polar surface area (TPSA) is 70.9 Å². The summed E-state index contributed by atoms with van der Waals surface area (Å²) in [5, 5.41) is 20.2. The van der Waals surface area contributed by atoms with Crippen LogP contribution >= 0.6 is 0 Å². The predicted molar refractivity (Wildman–Crippen MR) is 61.2 cm³/mol. The Bertz CT molecular complexity index is 376. The smallest absolute Gasteiger partial charge is 0.242 e. The summed E-state index contributed by atoms with van der Waals surface area (Å²) in [7, 11) is 0. The molecule has 0 aromatic carbocycles. The Labute approximate surface area is 95.3 Å². The van der Waals surface area contributed by atoms with Gasteiger partial charge in [-0.25, -0.2) is 4.98 Å². The number of aliphatic hydroxyl groups is 1. The molecule has 1 heterocycles. The first-order valence-electron chi connectivity index (χ1n) is 5.68. The van der Waals surface area contributed by atoms with E-state index in [1.807, 2.05) is 13.8 Å². The number of aromatic nitrogens is 3. The van der Waals surface area contributed by atoms with Crippen molar-refractivity contribution in [1.29, 1.82) is 0 Å². The van der Waals surface area contributed by atoms with Crippen LogP contribution in [0.4, 0.5) is 5.95 Å². The van der Waals surface area contributed by atoms with Crippen LogP contribution in [0, 0.1) is 19.3 Å². The first-order valence-corrected chi connectivity index (χ1v) is 5.68. The Morgan fingerprint density at radius 2 is 2.00 bits per heavy atom. The van der Waals surface area contributed by atoms with Crippen LogP contribution in [-0.2, 0) is 0 Å². The second-order valence-corrected chi connectivity index (χ2v) is 4.63. The third-order valence-electron chi connectivity index (χ3n) is 3.31. The first-order chi connectivity index (χ1) is 7.65. The van der Waals surface area contributed by atoms with Crippen molar-refractivity contribution in [2.24, 2.45) is 5.41 Å². The quantitative estimate of drug-likeness (QED) is 0.779. The summed E-state index contributed by atoms with van der Waals surface area (Å²) in [4.78, 5) is 4.32. The molecule has 1 fully saturated rings. The maximum Gasteiger partial charge on any atom is 0.242 e. The summed E-state index contributed by atoms with van der Waals surface area (Å²) in [5.74, 6) is 0.590. The fourth-order valence-corrected chi connectivity index (χ4v) is 1.73. The van der Waals surface area contributed by atoms with Gasteiger partial charge in [-0.1, -0.05) is 0 Å². The molecule has 1 aromatic rings. The largest absolute Gasteiger partial charge is 0.396 e. The van der Waals surface area contributed by atoms with Crippen molar-refractivity contribution in [2.45, 2.75) is 33.1 Å². The molecule has 0 saturated heterocycles. The summed E-state index contributed by atoms with van der Waals surface area (Å²) >= 11 is 0. The molecule has 0 amide bonds. The van der Waals surface area contributed by atoms with E-state index in [0.29, 0.717) is 5.95 Å². The zero-order valence-electron chi connectivity index (χ0n) is 9.82. The van der Waals surface area contributed by atoms with E-state index < -0.39 is 0 Å². The minimum Gasteiger partial charge on any atom is -0.396 e. The third-order valence-corrected chi connectivity index (χ3v) is 3.31. The average Bonchev–Trinajstić information content (AvgIpc) is 3.01. The van der Waals surface area contributed by atoms with Crippen molar-refractivity contribution in [3.8, 4) is 0 Å². The highest BCUT2D eigenvalue weighted by molar-refractivity contribution is 5.26. The fraction of sp³-hybridized carbons (Fsp3) is 0.727. The van der Waals surface area contributed by atoms with Crippen LogP contribution in [0.5, 0.6) is 0 Å². The van der Waals surface area contributed by atoms with Crippen LogP contribution < -0.4 is 5.32 Å². The molecule has 5 heteroatoms. The van der Waals surface area contributed by atoms with Crippen molar-refractivity contribution in [3.63, 3.8) is 0 Å². The Morgan fingerprint density at radius 1 is 1.25 bits per heavy atom. The van der Waals surface area contributed by atoms with Gasteiger partial charge in [0.05, 0.1) is 11.4 Å². The Hall–Kier alpha value is -1.23. The minimum atomic E-state index is 0.258. The van der Waals surface area contributed by atoms with Gasteiger partial charge in [-0.3, -0.25) is 0 Å². The van der Waals surface area contributed by atoms with Gasteiger partial charge >= 0.3 is 0 Å². The van der Waals surface area contributed by atoms with Crippen molar-refractivity contribution >= 4 is 5.95 Å². The molecule has 0 atom stereocenters. The molecule has 5 nitrogen and oxygen atoms in total. The molecule has 0 spiro atoms. The molecule has 88 valence electrons. The van der Waals surface area contributed by atoms with Gasteiger partial charge in [0.2, 0.25) is 5.95 Å². The van der Waals surface area contributed by atoms with E-state index >= 15 is 0 Å². The maximum absolute atomic E-state index is 8.95. The third kappa shape index (κ3) is 2.47. The van der Waals surface area contributed by atoms with Crippen LogP contribution in [0.3, 0.4) is 0 Å². The molecule has 0 unspecified atom stereocenters. The highest BCUT2D eigenvalue weighted by Gasteiger charge is 2.41. The second-order valence-electron chi connectivity index (χ2n) is 4.63. The van der Waals surface area contributed by atoms with Gasteiger partial charge in [-0.05, 0) is 38.5 Å². The number of aliphatic hydroxyl groups excluding tert-OH is 1. The van der Waals surface area contributed by atoms with Crippen LogP contribution in [-0.4, -0.2) is 33.4 Å². The molecule has 2 N–H and O–H groups in total. The fourth-order valence-electron chi connectivity index (χ4n) is 1.73. The van der Waals surface area contributed by atoms with Crippen LogP contribution in [0.2, 0.25) is 0 Å². The van der Waals surface area contributed by atoms with E-state index in [1.54, 1.807) is 0 Å². The predicted octanol–water partition coefficient (Wildman–Crippen LogP) is 1.06. The summed E-state index contributed by atoms with van der Waals surface area (Å²) in [6.07, 6.45) is 3.22. The molecule has 0 bridgehead atoms. The lowest BCUT2D eigenvalue weighted by Gasteiger charge is -2.14. The molecule has 1 aromatic heterocycles. The van der Waals surface area contributed by atoms with Crippen LogP contribution in [0.25, 0.3) is 0 Å². The number of nitrogens with zero attached hydrogens (tertiary/aromatic N) is 3. The summed E-state index contributed by atoms with van der Waals surface area (Å²) in [6.45, 7) is 4.91. The Kier molecular flexibility index (Phi) is 3.05. The Balaban J connectivity index is 1.92. The van der Waals surface area contributed by atoms with E-state index in [1.165, 1.54) is 12.8 Å². The van der Waals surface area contributed by atoms with Gasteiger partial charge in [-0.2, -0.15) is 5.10 Å². The van der Waals surface area contributed by atoms with E-state index in [2.05, 4.69) is 20.5 Å². The van der Waals surface area contributed by atoms with Gasteiger partial charge in [-0.15, -0.1) is 5.10 Å². The van der Waals surface area contributed by atoms with Gasteiger partial charge in [0.25, 0.3) is 0 Å². The SMILES string of the molecule is Cc1nnc(NCC2(CCO)CC2)nc1C. The van der Waals surface area contributed by atoms with Gasteiger partial charge in [0.1, 0.15) is 0 Å². The maximum atomic E-state index is 8.95. The molecule has 2 rings (SSSR count). The van der Waals surface area contributed by atoms with Crippen LogP contribution in [0.15, 0.2) is 0 Å². The highest BCUT2D eigenvalue weighted by Crippen LogP contribution is 2.48. The van der Waals surface area contributed by atoms with E-state index in [9.17, 15) is 0 Å². The normalized spacial score (nSPS) is 17.2. The van der Waals surface area contributed by atoms with E-state index in [0.717, 1.165) is 24.4 Å². The number of hydrogen-bond donors (Lipinski definition) is 2. The molecule has 1 aliphatic carbocycles. The lowest BCUT2D eigenvalue weighted by molar-refractivity contribution is 0.253. The van der Waals surface area contributed by atoms with Crippen molar-refractivity contribution in [1.82, 2.24) is 15.2 Å². The Morgan fingerprint density at radius 3 is 2.56 bits per heavy atom. The van der Waals surface area contributed by atoms with Gasteiger partial charge < -0.3 is 10.4 Å². The summed E-state index contributed by atoms with van der Waals surface area (Å²) < 4.78 is 0. The van der Waals surface area contributed by atoms with Crippen LogP contribution in [0.1, 0.15) is 30.7 Å². The number of anilines is 1. The molecule has 0 radical (unpaired) electrons. The van der Waals surface area contributed by atoms with Gasteiger partial charge in [0, 0.05) is 13.2 Å². The number of rotatable bonds is 5. The number of aryl methyl sites for hydroxylation is 2. The molecule has 16 heavy (non-hydrogen) atoms. The standard InChI is InChI=1S/C11H18N4O/c1-8-9(2)14-15-10(13-8)12-7-11(3-4-11)5-6-16/h16H,3-7H2,1-2H3,(H,12,13,15). The summed E-state index contributed by atoms with van der Waals surface area (Å²) in [5.41, 5.74) is 2.04. The van der Waals surface area contributed by atoms with Crippen molar-refractivity contribution in [2.75, 3.05) is 18.5 Å². The lowest BCUT2D eigenvalue weighted by Crippen LogP contribution is -2.18. The van der Waals surface area contributed by atoms with E-state index in [-0.39, 0.29) is 12.0 Å². The zero-order valence-corrected chi connectivity index (χ0v) is 9.82. The zero-order chi connectivity index (χ0) is 11.6. The lowest BCUT2D eigenvalue weighted by atomic mass is 10.0. The van der Waals surface area contributed by atoms with E-state index in [4.69, 9.17) is 5.11 Å².